The first kappa shape index (κ1) is 26.9. The highest BCUT2D eigenvalue weighted by molar-refractivity contribution is 6.33. The van der Waals surface area contributed by atoms with Crippen LogP contribution in [0.25, 0.3) is 11.3 Å². The Morgan fingerprint density at radius 3 is 2.44 bits per heavy atom. The molecule has 2 amide bonds. The van der Waals surface area contributed by atoms with Crippen LogP contribution in [0.5, 0.6) is 5.75 Å². The van der Waals surface area contributed by atoms with E-state index in [9.17, 15) is 9.59 Å². The van der Waals surface area contributed by atoms with Gasteiger partial charge in [0.15, 0.2) is 5.82 Å². The van der Waals surface area contributed by atoms with Gasteiger partial charge in [0.2, 0.25) is 5.91 Å². The predicted octanol–water partition coefficient (Wildman–Crippen LogP) is 3.78. The van der Waals surface area contributed by atoms with Crippen LogP contribution in [0, 0.1) is 0 Å². The van der Waals surface area contributed by atoms with Crippen molar-refractivity contribution in [3.8, 4) is 17.0 Å². The lowest BCUT2D eigenvalue weighted by atomic mass is 10.1. The summed E-state index contributed by atoms with van der Waals surface area (Å²) in [7, 11) is 1.58. The second-order valence-electron chi connectivity index (χ2n) is 9.67. The van der Waals surface area contributed by atoms with Crippen molar-refractivity contribution in [1.82, 2.24) is 20.0 Å². The molecule has 2 aromatic carbocycles. The van der Waals surface area contributed by atoms with E-state index >= 15 is 0 Å². The topological polar surface area (TPSA) is 88.1 Å². The number of methoxy groups -OCH3 is 1. The van der Waals surface area contributed by atoms with Crippen LogP contribution in [0.2, 0.25) is 5.02 Å². The maximum absolute atomic E-state index is 13.4. The smallest absolute Gasteiger partial charge is 0.254 e. The normalized spacial score (nSPS) is 17.2. The summed E-state index contributed by atoms with van der Waals surface area (Å²) in [5.74, 6) is 1.17. The third-order valence-corrected chi connectivity index (χ3v) is 7.48. The molecule has 1 aromatic heterocycles. The number of carbonyl (C=O) groups excluding carboxylic acids is 2. The highest BCUT2D eigenvalue weighted by atomic mass is 35.5. The lowest BCUT2D eigenvalue weighted by molar-refractivity contribution is -0.132. The molecule has 0 unspecified atom stereocenters. The van der Waals surface area contributed by atoms with Gasteiger partial charge >= 0.3 is 0 Å². The van der Waals surface area contributed by atoms with E-state index in [0.717, 1.165) is 24.2 Å². The lowest BCUT2D eigenvalue weighted by Crippen LogP contribution is -2.52. The molecule has 0 radical (unpaired) electrons. The molecule has 9 nitrogen and oxygen atoms in total. The number of halogens is 1. The number of carbonyl (C=O) groups is 2. The first-order valence-electron chi connectivity index (χ1n) is 13.2. The van der Waals surface area contributed by atoms with Crippen LogP contribution in [0.1, 0.15) is 23.2 Å². The van der Waals surface area contributed by atoms with Crippen LogP contribution in [-0.2, 0) is 9.53 Å². The Morgan fingerprint density at radius 2 is 1.79 bits per heavy atom. The first-order chi connectivity index (χ1) is 19.0. The summed E-state index contributed by atoms with van der Waals surface area (Å²) in [6.45, 7) is 3.43. The Kier molecular flexibility index (Phi) is 8.58. The second kappa shape index (κ2) is 12.4. The molecule has 3 aromatic rings. The number of piperazine rings is 1. The Morgan fingerprint density at radius 1 is 1.03 bits per heavy atom. The zero-order chi connectivity index (χ0) is 27.2. The molecule has 0 bridgehead atoms. The lowest BCUT2D eigenvalue weighted by Gasteiger charge is -2.36. The fraction of sp³-hybridized carbons (Fsp3) is 0.379. The maximum atomic E-state index is 13.4. The number of nitrogens with zero attached hydrogens (tertiary/aromatic N) is 5. The fourth-order valence-corrected chi connectivity index (χ4v) is 5.16. The van der Waals surface area contributed by atoms with Crippen molar-refractivity contribution in [3.63, 3.8) is 0 Å². The monoisotopic (exact) mass is 549 g/mol. The van der Waals surface area contributed by atoms with E-state index in [1.165, 1.54) is 0 Å². The van der Waals surface area contributed by atoms with Crippen molar-refractivity contribution in [2.75, 3.05) is 57.9 Å². The average Bonchev–Trinajstić information content (AvgIpc) is 3.50. The highest BCUT2D eigenvalue weighted by Crippen LogP contribution is 2.26. The van der Waals surface area contributed by atoms with Crippen LogP contribution in [0.4, 0.5) is 5.82 Å². The first-order valence-corrected chi connectivity index (χ1v) is 13.6. The summed E-state index contributed by atoms with van der Waals surface area (Å²) in [6.07, 6.45) is 1.80. The van der Waals surface area contributed by atoms with Crippen LogP contribution >= 0.6 is 11.6 Å². The summed E-state index contributed by atoms with van der Waals surface area (Å²) in [6, 6.07) is 18.3. The van der Waals surface area contributed by atoms with Gasteiger partial charge in [-0.05, 0) is 55.3 Å². The van der Waals surface area contributed by atoms with E-state index in [0.29, 0.717) is 61.4 Å². The number of ether oxygens (including phenoxy) is 2. The quantitative estimate of drug-likeness (QED) is 0.422. The minimum Gasteiger partial charge on any atom is -0.497 e. The second-order valence-corrected chi connectivity index (χ2v) is 10.1. The molecule has 0 spiro atoms. The van der Waals surface area contributed by atoms with Gasteiger partial charge in [-0.25, -0.2) is 0 Å². The van der Waals surface area contributed by atoms with Crippen molar-refractivity contribution >= 4 is 29.2 Å². The predicted molar refractivity (Wildman–Crippen MR) is 149 cm³/mol. The molecule has 1 atom stereocenters. The van der Waals surface area contributed by atoms with Crippen molar-refractivity contribution in [1.29, 1.82) is 0 Å². The fourth-order valence-electron chi connectivity index (χ4n) is 4.92. The van der Waals surface area contributed by atoms with Crippen molar-refractivity contribution in [2.24, 2.45) is 0 Å². The van der Waals surface area contributed by atoms with Crippen LogP contribution in [0.3, 0.4) is 0 Å². The van der Waals surface area contributed by atoms with Crippen LogP contribution < -0.4 is 9.64 Å². The number of amides is 2. The van der Waals surface area contributed by atoms with Crippen molar-refractivity contribution < 1.29 is 19.1 Å². The standard InChI is InChI=1S/C29H32ClN5O4/c1-38-22-10-8-21(9-11-22)29(37)35(19-23-5-4-18-39-23)20-28(36)34-16-14-33(15-17-34)27-13-12-26(31-32-27)24-6-2-3-7-25(24)30/h2-3,6-13,23H,4-5,14-20H2,1H3/t23-/m1/s1. The number of hydrogen-bond acceptors (Lipinski definition) is 7. The molecule has 5 rings (SSSR count). The molecule has 0 N–H and O–H groups in total. The summed E-state index contributed by atoms with van der Waals surface area (Å²) >= 11 is 6.29. The van der Waals surface area contributed by atoms with Gasteiger partial charge in [-0.3, -0.25) is 9.59 Å². The van der Waals surface area contributed by atoms with Gasteiger partial charge in [-0.1, -0.05) is 29.8 Å². The van der Waals surface area contributed by atoms with Gasteiger partial charge in [0, 0.05) is 50.5 Å². The van der Waals surface area contributed by atoms with Gasteiger partial charge in [-0.15, -0.1) is 10.2 Å². The molecule has 39 heavy (non-hydrogen) atoms. The van der Waals surface area contributed by atoms with Gasteiger partial charge in [0.05, 0.1) is 23.9 Å². The number of benzene rings is 2. The Hall–Kier alpha value is -3.69. The maximum Gasteiger partial charge on any atom is 0.254 e. The number of hydrogen-bond donors (Lipinski definition) is 0. The molecule has 0 saturated carbocycles. The van der Waals surface area contributed by atoms with E-state index in [4.69, 9.17) is 21.1 Å². The SMILES string of the molecule is COc1ccc(C(=O)N(CC(=O)N2CCN(c3ccc(-c4ccccc4Cl)nn3)CC2)C[C@H]2CCCO2)cc1. The van der Waals surface area contributed by atoms with Gasteiger partial charge in [0.1, 0.15) is 12.3 Å². The minimum absolute atomic E-state index is 0.0110. The Balaban J connectivity index is 1.20. The number of aromatic nitrogens is 2. The van der Waals surface area contributed by atoms with Crippen LogP contribution in [-0.4, -0.2) is 90.9 Å². The molecule has 2 aliphatic rings. The van der Waals surface area contributed by atoms with Gasteiger partial charge in [0.25, 0.3) is 5.91 Å². The van der Waals surface area contributed by atoms with E-state index in [2.05, 4.69) is 15.1 Å². The van der Waals surface area contributed by atoms with Gasteiger partial charge < -0.3 is 24.2 Å². The van der Waals surface area contributed by atoms with E-state index in [1.807, 2.05) is 41.3 Å². The molecule has 0 aliphatic carbocycles. The van der Waals surface area contributed by atoms with E-state index in [-0.39, 0.29) is 24.5 Å². The molecule has 10 heteroatoms. The zero-order valence-corrected chi connectivity index (χ0v) is 22.7. The Labute approximate surface area is 233 Å². The third kappa shape index (κ3) is 6.49. The number of rotatable bonds is 8. The molecule has 204 valence electrons. The summed E-state index contributed by atoms with van der Waals surface area (Å²) < 4.78 is 11.0. The summed E-state index contributed by atoms with van der Waals surface area (Å²) in [4.78, 5) is 32.2. The van der Waals surface area contributed by atoms with Crippen LogP contribution in [0.15, 0.2) is 60.7 Å². The third-order valence-electron chi connectivity index (χ3n) is 7.15. The summed E-state index contributed by atoms with van der Waals surface area (Å²) in [5, 5.41) is 9.40. The molecule has 2 fully saturated rings. The van der Waals surface area contributed by atoms with E-state index < -0.39 is 0 Å². The van der Waals surface area contributed by atoms with Gasteiger partial charge in [-0.2, -0.15) is 0 Å². The molecule has 2 saturated heterocycles. The summed E-state index contributed by atoms with van der Waals surface area (Å²) in [5.41, 5.74) is 2.07. The molecular formula is C29H32ClN5O4. The molecular weight excluding hydrogens is 518 g/mol. The highest BCUT2D eigenvalue weighted by Gasteiger charge is 2.29. The van der Waals surface area contributed by atoms with E-state index in [1.54, 1.807) is 36.3 Å². The van der Waals surface area contributed by atoms with Crippen molar-refractivity contribution in [3.05, 3.63) is 71.2 Å². The molecule has 3 heterocycles. The van der Waals surface area contributed by atoms with Crippen molar-refractivity contribution in [2.45, 2.75) is 18.9 Å². The molecule has 2 aliphatic heterocycles. The average molecular weight is 550 g/mol. The zero-order valence-electron chi connectivity index (χ0n) is 22.0. The minimum atomic E-state index is -0.186. The number of anilines is 1. The largest absolute Gasteiger partial charge is 0.497 e. The Bertz CT molecular complexity index is 1270.